The highest BCUT2D eigenvalue weighted by Crippen LogP contribution is 2.29. The molecule has 1 aliphatic rings. The number of aromatic nitrogens is 3. The first-order valence-electron chi connectivity index (χ1n) is 10.8. The Labute approximate surface area is 184 Å². The molecule has 3 aromatic rings. The summed E-state index contributed by atoms with van der Waals surface area (Å²) in [4.78, 5) is 0.312. The average molecular weight is 439 g/mol. The molecule has 6 nitrogen and oxygen atoms in total. The van der Waals surface area contributed by atoms with E-state index in [-0.39, 0.29) is 5.41 Å². The van der Waals surface area contributed by atoms with Crippen LogP contribution in [-0.2, 0) is 28.4 Å². The molecular weight excluding hydrogens is 408 g/mol. The molecule has 2 aromatic carbocycles. The number of nitrogens with one attached hydrogen (secondary N) is 1. The second-order valence-electron chi connectivity index (χ2n) is 9.32. The zero-order chi connectivity index (χ0) is 22.2. The van der Waals surface area contributed by atoms with Gasteiger partial charge in [0.05, 0.1) is 4.90 Å². The normalized spacial score (nSPS) is 14.7. The summed E-state index contributed by atoms with van der Waals surface area (Å²) in [5, 5.41) is 8.73. The second-order valence-corrected chi connectivity index (χ2v) is 11.0. The van der Waals surface area contributed by atoms with Gasteiger partial charge in [-0.3, -0.25) is 4.72 Å². The van der Waals surface area contributed by atoms with Crippen LogP contribution in [0.15, 0.2) is 47.4 Å². The number of hydrogen-bond donors (Lipinski definition) is 1. The Kier molecular flexibility index (Phi) is 5.64. The van der Waals surface area contributed by atoms with Crippen molar-refractivity contribution >= 4 is 15.7 Å². The number of hydrogen-bond acceptors (Lipinski definition) is 4. The largest absolute Gasteiger partial charge is 0.311 e. The number of aryl methyl sites for hydroxylation is 2. The molecular formula is C24H30N4O2S. The molecule has 0 atom stereocenters. The molecule has 0 aliphatic carbocycles. The minimum absolute atomic E-state index is 0.129. The van der Waals surface area contributed by atoms with Crippen molar-refractivity contribution in [1.82, 2.24) is 14.8 Å². The van der Waals surface area contributed by atoms with E-state index in [4.69, 9.17) is 0 Å². The third-order valence-corrected chi connectivity index (χ3v) is 7.37. The van der Waals surface area contributed by atoms with Crippen molar-refractivity contribution in [2.75, 3.05) is 4.72 Å². The molecule has 1 aromatic heterocycles. The lowest BCUT2D eigenvalue weighted by atomic mass is 9.87. The van der Waals surface area contributed by atoms with Gasteiger partial charge in [0.1, 0.15) is 5.82 Å². The molecule has 4 rings (SSSR count). The Morgan fingerprint density at radius 1 is 0.968 bits per heavy atom. The quantitative estimate of drug-likeness (QED) is 0.616. The van der Waals surface area contributed by atoms with Crippen molar-refractivity contribution in [3.05, 3.63) is 59.4 Å². The molecule has 0 saturated heterocycles. The Balaban J connectivity index is 1.59. The fourth-order valence-corrected chi connectivity index (χ4v) is 5.28. The van der Waals surface area contributed by atoms with Crippen molar-refractivity contribution in [1.29, 1.82) is 0 Å². The van der Waals surface area contributed by atoms with Crippen molar-refractivity contribution < 1.29 is 8.42 Å². The summed E-state index contributed by atoms with van der Waals surface area (Å²) >= 11 is 0. The molecule has 31 heavy (non-hydrogen) atoms. The summed E-state index contributed by atoms with van der Waals surface area (Å²) in [6.45, 7) is 8.97. The van der Waals surface area contributed by atoms with Crippen molar-refractivity contribution in [3.8, 4) is 11.4 Å². The van der Waals surface area contributed by atoms with Crippen LogP contribution in [0.3, 0.4) is 0 Å². The highest BCUT2D eigenvalue weighted by atomic mass is 32.2. The zero-order valence-corrected chi connectivity index (χ0v) is 19.5. The van der Waals surface area contributed by atoms with Crippen molar-refractivity contribution in [2.24, 2.45) is 0 Å². The number of nitrogens with zero attached hydrogens (tertiary/aromatic N) is 3. The van der Waals surface area contributed by atoms with E-state index in [0.717, 1.165) is 54.1 Å². The van der Waals surface area contributed by atoms with Gasteiger partial charge in [-0.2, -0.15) is 0 Å². The van der Waals surface area contributed by atoms with Crippen LogP contribution >= 0.6 is 0 Å². The molecule has 0 amide bonds. The molecule has 0 radical (unpaired) electrons. The third-order valence-electron chi connectivity index (χ3n) is 5.85. The number of benzene rings is 2. The topological polar surface area (TPSA) is 76.9 Å². The van der Waals surface area contributed by atoms with Crippen LogP contribution in [-0.4, -0.2) is 23.2 Å². The molecule has 1 N–H and O–H groups in total. The SMILES string of the molecule is Cc1ccc(C(C)(C)C)cc1S(=O)(=O)Nc1ccc(-c2nnc3n2CCCCC3)cc1. The molecule has 0 unspecified atom stereocenters. The average Bonchev–Trinajstić information content (AvgIpc) is 2.96. The van der Waals surface area contributed by atoms with Crippen LogP contribution in [0.25, 0.3) is 11.4 Å². The van der Waals surface area contributed by atoms with Crippen LogP contribution in [0, 0.1) is 6.92 Å². The Morgan fingerprint density at radius 2 is 1.71 bits per heavy atom. The van der Waals surface area contributed by atoms with Gasteiger partial charge in [-0.05, 0) is 66.6 Å². The highest BCUT2D eigenvalue weighted by Gasteiger charge is 2.22. The minimum Gasteiger partial charge on any atom is -0.311 e. The van der Waals surface area contributed by atoms with Gasteiger partial charge in [-0.25, -0.2) is 8.42 Å². The molecule has 2 heterocycles. The lowest BCUT2D eigenvalue weighted by Gasteiger charge is -2.21. The molecule has 1 aliphatic heterocycles. The van der Waals surface area contributed by atoms with Crippen molar-refractivity contribution in [2.45, 2.75) is 70.2 Å². The molecule has 0 spiro atoms. The smallest absolute Gasteiger partial charge is 0.262 e. The standard InChI is InChI=1S/C24H30N4O2S/c1-17-9-12-19(24(2,3)4)16-21(17)31(29,30)27-20-13-10-18(11-14-20)23-26-25-22-8-6-5-7-15-28(22)23/h9-14,16,27H,5-8,15H2,1-4H3. The van der Waals surface area contributed by atoms with Crippen LogP contribution in [0.4, 0.5) is 5.69 Å². The Morgan fingerprint density at radius 3 is 2.42 bits per heavy atom. The van der Waals surface area contributed by atoms with E-state index >= 15 is 0 Å². The van der Waals surface area contributed by atoms with Crippen LogP contribution in [0.1, 0.15) is 57.0 Å². The van der Waals surface area contributed by atoms with Crippen LogP contribution < -0.4 is 4.72 Å². The van der Waals surface area contributed by atoms with E-state index in [1.54, 1.807) is 18.2 Å². The van der Waals surface area contributed by atoms with Gasteiger partial charge >= 0.3 is 0 Å². The number of rotatable bonds is 4. The number of sulfonamides is 1. The summed E-state index contributed by atoms with van der Waals surface area (Å²) in [5.74, 6) is 1.88. The first-order valence-corrected chi connectivity index (χ1v) is 12.3. The summed E-state index contributed by atoms with van der Waals surface area (Å²) in [6, 6.07) is 13.0. The molecule has 0 fully saturated rings. The monoisotopic (exact) mass is 438 g/mol. The van der Waals surface area contributed by atoms with Gasteiger partial charge in [0, 0.05) is 24.2 Å². The lowest BCUT2D eigenvalue weighted by molar-refractivity contribution is 0.584. The maximum Gasteiger partial charge on any atom is 0.262 e. The number of anilines is 1. The van der Waals surface area contributed by atoms with Gasteiger partial charge in [-0.15, -0.1) is 10.2 Å². The van der Waals surface area contributed by atoms with Crippen LogP contribution in [0.2, 0.25) is 0 Å². The maximum absolute atomic E-state index is 13.1. The first-order chi connectivity index (χ1) is 14.6. The summed E-state index contributed by atoms with van der Waals surface area (Å²) < 4.78 is 31.1. The second kappa shape index (κ2) is 8.11. The van der Waals surface area contributed by atoms with E-state index in [1.807, 2.05) is 31.2 Å². The molecule has 0 bridgehead atoms. The van der Waals surface area contributed by atoms with E-state index in [0.29, 0.717) is 10.6 Å². The summed E-state index contributed by atoms with van der Waals surface area (Å²) in [5.41, 5.74) is 3.05. The predicted molar refractivity (Wildman–Crippen MR) is 124 cm³/mol. The lowest BCUT2D eigenvalue weighted by Crippen LogP contribution is -2.17. The minimum atomic E-state index is -3.70. The Bertz CT molecular complexity index is 1190. The van der Waals surface area contributed by atoms with Gasteiger partial charge in [0.15, 0.2) is 5.82 Å². The van der Waals surface area contributed by atoms with Crippen molar-refractivity contribution in [3.63, 3.8) is 0 Å². The van der Waals surface area contributed by atoms with Gasteiger partial charge in [0.2, 0.25) is 0 Å². The van der Waals surface area contributed by atoms with E-state index < -0.39 is 10.0 Å². The maximum atomic E-state index is 13.1. The van der Waals surface area contributed by atoms with Crippen LogP contribution in [0.5, 0.6) is 0 Å². The van der Waals surface area contributed by atoms with Gasteiger partial charge in [0.25, 0.3) is 10.0 Å². The zero-order valence-electron chi connectivity index (χ0n) is 18.6. The van der Waals surface area contributed by atoms with Gasteiger partial charge in [-0.1, -0.05) is 39.3 Å². The number of fused-ring (bicyclic) bond motifs is 1. The fourth-order valence-electron chi connectivity index (χ4n) is 3.95. The highest BCUT2D eigenvalue weighted by molar-refractivity contribution is 7.92. The fraction of sp³-hybridized carbons (Fsp3) is 0.417. The van der Waals surface area contributed by atoms with E-state index in [2.05, 4.69) is 40.3 Å². The van der Waals surface area contributed by atoms with Gasteiger partial charge < -0.3 is 4.57 Å². The molecule has 164 valence electrons. The third kappa shape index (κ3) is 4.51. The summed E-state index contributed by atoms with van der Waals surface area (Å²) in [7, 11) is -3.70. The molecule has 0 saturated carbocycles. The Hall–Kier alpha value is -2.67. The summed E-state index contributed by atoms with van der Waals surface area (Å²) in [6.07, 6.45) is 4.44. The first kappa shape index (κ1) is 21.6. The van der Waals surface area contributed by atoms with E-state index in [9.17, 15) is 8.42 Å². The van der Waals surface area contributed by atoms with E-state index in [1.165, 1.54) is 6.42 Å². The molecule has 7 heteroatoms. The predicted octanol–water partition coefficient (Wildman–Crippen LogP) is 5.08.